The SMILES string of the molecule is COc1c(OC[C@H](C)CN2CCOCC2)ccc2c3n(c(=NC(=O)c4cnc(N)nc4)nc12)CCN3. The first-order valence-corrected chi connectivity index (χ1v) is 12.0. The quantitative estimate of drug-likeness (QED) is 0.487. The van der Waals surface area contributed by atoms with E-state index < -0.39 is 5.91 Å². The van der Waals surface area contributed by atoms with Gasteiger partial charge in [-0.2, -0.15) is 4.99 Å². The molecule has 0 bridgehead atoms. The highest BCUT2D eigenvalue weighted by atomic mass is 16.5. The summed E-state index contributed by atoms with van der Waals surface area (Å²) in [5.74, 6) is 1.82. The molecule has 36 heavy (non-hydrogen) atoms. The zero-order valence-corrected chi connectivity index (χ0v) is 20.4. The largest absolute Gasteiger partial charge is 0.491 e. The van der Waals surface area contributed by atoms with E-state index in [1.807, 2.05) is 16.7 Å². The number of hydrogen-bond acceptors (Lipinski definition) is 10. The molecule has 2 aliphatic heterocycles. The number of nitrogens with one attached hydrogen (secondary N) is 1. The molecule has 0 unspecified atom stereocenters. The lowest BCUT2D eigenvalue weighted by Gasteiger charge is -2.29. The summed E-state index contributed by atoms with van der Waals surface area (Å²) in [6.07, 6.45) is 2.70. The number of hydrogen-bond donors (Lipinski definition) is 2. The fraction of sp³-hybridized carbons (Fsp3) is 0.458. The molecule has 3 aromatic rings. The van der Waals surface area contributed by atoms with Crippen LogP contribution in [0.25, 0.3) is 10.9 Å². The number of fused-ring (bicyclic) bond motifs is 3. The van der Waals surface area contributed by atoms with Crippen molar-refractivity contribution in [2.75, 3.05) is 64.2 Å². The predicted molar refractivity (Wildman–Crippen MR) is 133 cm³/mol. The summed E-state index contributed by atoms with van der Waals surface area (Å²) < 4.78 is 19.2. The van der Waals surface area contributed by atoms with Crippen molar-refractivity contribution >= 4 is 28.6 Å². The lowest BCUT2D eigenvalue weighted by molar-refractivity contribution is 0.0283. The van der Waals surface area contributed by atoms with Crippen LogP contribution in [-0.2, 0) is 11.3 Å². The van der Waals surface area contributed by atoms with E-state index in [0.717, 1.165) is 44.1 Å². The van der Waals surface area contributed by atoms with Crippen LogP contribution in [0.4, 0.5) is 11.8 Å². The lowest BCUT2D eigenvalue weighted by Crippen LogP contribution is -2.39. The molecule has 2 aromatic heterocycles. The number of nitrogen functional groups attached to an aromatic ring is 1. The van der Waals surface area contributed by atoms with Crippen LogP contribution in [0, 0.1) is 5.92 Å². The number of carbonyl (C=O) groups is 1. The number of nitrogens with zero attached hydrogens (tertiary/aromatic N) is 6. The van der Waals surface area contributed by atoms with Crippen LogP contribution >= 0.6 is 0 Å². The third-order valence-electron chi connectivity index (χ3n) is 6.22. The Morgan fingerprint density at radius 1 is 1.25 bits per heavy atom. The number of morpholine rings is 1. The number of methoxy groups -OCH3 is 1. The highest BCUT2D eigenvalue weighted by Gasteiger charge is 2.22. The molecule has 5 rings (SSSR count). The number of benzene rings is 1. The topological polar surface area (TPSA) is 142 Å². The van der Waals surface area contributed by atoms with Gasteiger partial charge in [0.2, 0.25) is 11.6 Å². The second-order valence-electron chi connectivity index (χ2n) is 8.91. The Balaban J connectivity index is 1.46. The monoisotopic (exact) mass is 494 g/mol. The molecule has 190 valence electrons. The van der Waals surface area contributed by atoms with Crippen LogP contribution < -0.4 is 26.1 Å². The van der Waals surface area contributed by atoms with Crippen molar-refractivity contribution in [2.24, 2.45) is 10.9 Å². The third kappa shape index (κ3) is 4.95. The van der Waals surface area contributed by atoms with E-state index in [4.69, 9.17) is 24.9 Å². The van der Waals surface area contributed by atoms with Gasteiger partial charge >= 0.3 is 0 Å². The van der Waals surface area contributed by atoms with E-state index in [2.05, 4.69) is 32.1 Å². The summed E-state index contributed by atoms with van der Waals surface area (Å²) in [6, 6.07) is 3.86. The van der Waals surface area contributed by atoms with Crippen molar-refractivity contribution < 1.29 is 19.0 Å². The molecule has 1 aromatic carbocycles. The van der Waals surface area contributed by atoms with Crippen molar-refractivity contribution in [3.05, 3.63) is 35.7 Å². The zero-order valence-electron chi connectivity index (χ0n) is 20.4. The van der Waals surface area contributed by atoms with E-state index in [0.29, 0.717) is 42.6 Å². The first-order valence-electron chi connectivity index (χ1n) is 12.0. The van der Waals surface area contributed by atoms with Crippen molar-refractivity contribution in [1.82, 2.24) is 24.4 Å². The maximum absolute atomic E-state index is 12.8. The van der Waals surface area contributed by atoms with Crippen LogP contribution in [0.3, 0.4) is 0 Å². The minimum atomic E-state index is -0.508. The number of aromatic nitrogens is 4. The van der Waals surface area contributed by atoms with E-state index in [9.17, 15) is 4.79 Å². The zero-order chi connectivity index (χ0) is 25.1. The fourth-order valence-corrected chi connectivity index (χ4v) is 4.46. The maximum atomic E-state index is 12.8. The average molecular weight is 495 g/mol. The molecule has 1 fully saturated rings. The van der Waals surface area contributed by atoms with Gasteiger partial charge in [-0.3, -0.25) is 14.3 Å². The Bertz CT molecular complexity index is 1320. The molecule has 1 atom stereocenters. The van der Waals surface area contributed by atoms with Gasteiger partial charge in [-0.05, 0) is 12.1 Å². The van der Waals surface area contributed by atoms with Crippen LogP contribution in [0.5, 0.6) is 11.5 Å². The lowest BCUT2D eigenvalue weighted by atomic mass is 10.1. The molecule has 3 N–H and O–H groups in total. The van der Waals surface area contributed by atoms with Crippen LogP contribution in [0.2, 0.25) is 0 Å². The molecule has 0 saturated carbocycles. The van der Waals surface area contributed by atoms with Gasteiger partial charge in [-0.15, -0.1) is 0 Å². The van der Waals surface area contributed by atoms with E-state index in [-0.39, 0.29) is 17.1 Å². The van der Waals surface area contributed by atoms with Gasteiger partial charge < -0.3 is 25.3 Å². The average Bonchev–Trinajstić information content (AvgIpc) is 3.39. The molecule has 1 saturated heterocycles. The van der Waals surface area contributed by atoms with E-state index in [1.54, 1.807) is 7.11 Å². The molecule has 12 heteroatoms. The summed E-state index contributed by atoms with van der Waals surface area (Å²) in [5.41, 5.74) is 6.59. The molecule has 0 radical (unpaired) electrons. The Hall–Kier alpha value is -3.77. The summed E-state index contributed by atoms with van der Waals surface area (Å²) >= 11 is 0. The second kappa shape index (κ2) is 10.5. The number of anilines is 2. The molecule has 2 aliphatic rings. The standard InChI is InChI=1S/C24H30N8O4/c1-15(13-31-7-9-35-10-8-31)14-36-18-4-3-17-19(20(18)34-2)29-24(32-6-5-26-21(17)32)30-22(33)16-11-27-23(25)28-12-16/h3-4,11-12,15,26H,5-10,13-14H2,1-2H3,(H2,25,27,28)/t15-/m1/s1. The maximum Gasteiger partial charge on any atom is 0.283 e. The molecule has 0 aliphatic carbocycles. The van der Waals surface area contributed by atoms with Crippen LogP contribution in [-0.4, -0.2) is 83.4 Å². The Labute approximate surface area is 208 Å². The van der Waals surface area contributed by atoms with Crippen LogP contribution in [0.15, 0.2) is 29.5 Å². The fourth-order valence-electron chi connectivity index (χ4n) is 4.46. The number of ether oxygens (including phenoxy) is 3. The third-order valence-corrected chi connectivity index (χ3v) is 6.22. The number of nitrogens with two attached hydrogens (primary N) is 1. The van der Waals surface area contributed by atoms with Gasteiger partial charge in [0.25, 0.3) is 5.91 Å². The van der Waals surface area contributed by atoms with Crippen LogP contribution in [0.1, 0.15) is 17.3 Å². The first-order chi connectivity index (χ1) is 17.5. The van der Waals surface area contributed by atoms with Gasteiger partial charge in [0, 0.05) is 56.4 Å². The highest BCUT2D eigenvalue weighted by molar-refractivity contribution is 5.96. The number of carbonyl (C=O) groups excluding carboxylic acids is 1. The van der Waals surface area contributed by atoms with Crippen molar-refractivity contribution in [3.63, 3.8) is 0 Å². The van der Waals surface area contributed by atoms with Crippen molar-refractivity contribution in [2.45, 2.75) is 13.5 Å². The van der Waals surface area contributed by atoms with Crippen molar-refractivity contribution in [1.29, 1.82) is 0 Å². The van der Waals surface area contributed by atoms with Gasteiger partial charge in [-0.1, -0.05) is 6.92 Å². The summed E-state index contributed by atoms with van der Waals surface area (Å²) in [4.78, 5) is 31.9. The Kier molecular flexibility index (Phi) is 6.96. The Morgan fingerprint density at radius 3 is 2.78 bits per heavy atom. The molecule has 1 amide bonds. The predicted octanol–water partition coefficient (Wildman–Crippen LogP) is 0.931. The molecule has 12 nitrogen and oxygen atoms in total. The minimum Gasteiger partial charge on any atom is -0.491 e. The minimum absolute atomic E-state index is 0.0892. The molecular weight excluding hydrogens is 464 g/mol. The second-order valence-corrected chi connectivity index (χ2v) is 8.91. The molecule has 4 heterocycles. The van der Waals surface area contributed by atoms with Gasteiger partial charge in [0.05, 0.1) is 32.5 Å². The normalized spacial score (nSPS) is 17.0. The highest BCUT2D eigenvalue weighted by Crippen LogP contribution is 2.37. The Morgan fingerprint density at radius 2 is 2.03 bits per heavy atom. The number of rotatable bonds is 7. The number of amides is 1. The summed E-state index contributed by atoms with van der Waals surface area (Å²) in [5, 5.41) is 4.23. The smallest absolute Gasteiger partial charge is 0.283 e. The van der Waals surface area contributed by atoms with E-state index >= 15 is 0 Å². The first kappa shape index (κ1) is 23.9. The van der Waals surface area contributed by atoms with Crippen molar-refractivity contribution in [3.8, 4) is 11.5 Å². The molecule has 0 spiro atoms. The molecular formula is C24H30N8O4. The van der Waals surface area contributed by atoms with Gasteiger partial charge in [0.1, 0.15) is 11.3 Å². The summed E-state index contributed by atoms with van der Waals surface area (Å²) in [6.45, 7) is 8.39. The van der Waals surface area contributed by atoms with Gasteiger partial charge in [-0.25, -0.2) is 15.0 Å². The summed E-state index contributed by atoms with van der Waals surface area (Å²) in [7, 11) is 1.59. The van der Waals surface area contributed by atoms with Gasteiger partial charge in [0.15, 0.2) is 11.5 Å². The van der Waals surface area contributed by atoms with E-state index in [1.165, 1.54) is 12.4 Å².